The van der Waals surface area contributed by atoms with Gasteiger partial charge in [0.1, 0.15) is 11.2 Å². The molecule has 0 N–H and O–H groups in total. The summed E-state index contributed by atoms with van der Waals surface area (Å²) in [5.41, 5.74) is 8.67. The lowest BCUT2D eigenvalue weighted by molar-refractivity contribution is 0.590. The van der Waals surface area contributed by atoms with Crippen LogP contribution in [0.2, 0.25) is 0 Å². The second kappa shape index (κ2) is 25.5. The van der Waals surface area contributed by atoms with Gasteiger partial charge in [-0.25, -0.2) is 0 Å². The van der Waals surface area contributed by atoms with Gasteiger partial charge in [0.25, 0.3) is 6.71 Å². The number of anilines is 6. The number of aromatic nitrogens is 2. The van der Waals surface area contributed by atoms with E-state index in [4.69, 9.17) is 4.42 Å². The minimum Gasteiger partial charge on any atom is -0.456 e. The van der Waals surface area contributed by atoms with Gasteiger partial charge in [-0.3, -0.25) is 0 Å². The van der Waals surface area contributed by atoms with Crippen molar-refractivity contribution in [1.29, 1.82) is 0 Å². The van der Waals surface area contributed by atoms with Crippen molar-refractivity contribution >= 4 is 123 Å². The molecule has 0 aliphatic carbocycles. The van der Waals surface area contributed by atoms with Gasteiger partial charge in [-0.15, -0.1) is 0 Å². The van der Waals surface area contributed by atoms with Crippen molar-refractivity contribution in [2.45, 2.75) is 105 Å². The van der Waals surface area contributed by atoms with Crippen LogP contribution in [0.1, 0.15) is 134 Å². The van der Waals surface area contributed by atoms with Crippen LogP contribution >= 0.6 is 0 Å². The topological polar surface area (TPSA) is 29.5 Å². The molecule has 5 nitrogen and oxygen atoms in total. The molecule has 0 radical (unpaired) electrons. The molecule has 0 unspecified atom stereocenters. The Morgan fingerprint density at radius 1 is 0.286 bits per heavy atom. The molecule has 2 aliphatic rings. The second-order valence-corrected chi connectivity index (χ2v) is 33.7. The van der Waals surface area contributed by atoms with E-state index < -0.39 is 172 Å². The molecule has 0 amide bonds. The normalized spacial score (nSPS) is 15.8. The smallest absolute Gasteiger partial charge is 0.252 e. The third kappa shape index (κ3) is 11.1. The molecule has 0 saturated carbocycles. The zero-order chi connectivity index (χ0) is 94.7. The molecule has 20 rings (SSSR count). The van der Waals surface area contributed by atoms with Crippen molar-refractivity contribution < 1.29 is 33.2 Å². The molecule has 3 aromatic heterocycles. The summed E-state index contributed by atoms with van der Waals surface area (Å²) in [4.78, 5) is 3.91. The van der Waals surface area contributed by atoms with Crippen molar-refractivity contribution in [3.63, 3.8) is 0 Å². The zero-order valence-electron chi connectivity index (χ0n) is 85.2. The van der Waals surface area contributed by atoms with Crippen LogP contribution in [0.15, 0.2) is 325 Å². The van der Waals surface area contributed by atoms with Gasteiger partial charge in [0.15, 0.2) is 0 Å². The van der Waals surface area contributed by atoms with E-state index in [1.54, 1.807) is 0 Å². The highest BCUT2D eigenvalue weighted by molar-refractivity contribution is 7.00. The Morgan fingerprint density at radius 2 is 0.661 bits per heavy atom. The van der Waals surface area contributed by atoms with Gasteiger partial charge in [0.05, 0.1) is 62.2 Å². The van der Waals surface area contributed by atoms with Crippen molar-refractivity contribution in [3.05, 3.63) is 343 Å². The lowest BCUT2D eigenvalue weighted by atomic mass is 9.33. The first-order valence-corrected chi connectivity index (χ1v) is 38.0. The van der Waals surface area contributed by atoms with Gasteiger partial charge in [-0.2, -0.15) is 0 Å². The van der Waals surface area contributed by atoms with Gasteiger partial charge < -0.3 is 23.4 Å². The van der Waals surface area contributed by atoms with E-state index in [-0.39, 0.29) is 60.6 Å². The summed E-state index contributed by atoms with van der Waals surface area (Å²) in [5, 5.41) is 0.268. The van der Waals surface area contributed by atoms with Crippen LogP contribution in [0.5, 0.6) is 0 Å². The molecule has 0 fully saturated rings. The molecule has 2 aliphatic heterocycles. The van der Waals surface area contributed by atoms with Crippen LogP contribution in [0.3, 0.4) is 0 Å². The molecule has 112 heavy (non-hydrogen) atoms. The molecule has 542 valence electrons. The summed E-state index contributed by atoms with van der Waals surface area (Å²) in [6, 6.07) is 49.6. The number of hydrogen-bond acceptors (Lipinski definition) is 3. The average Bonchev–Trinajstić information content (AvgIpc) is 1.55. The van der Waals surface area contributed by atoms with Crippen LogP contribution in [0.25, 0.3) is 133 Å². The lowest BCUT2D eigenvalue weighted by Crippen LogP contribution is -2.61. The lowest BCUT2D eigenvalue weighted by Gasteiger charge is -2.46. The van der Waals surface area contributed by atoms with Crippen LogP contribution < -0.4 is 26.2 Å². The highest BCUT2D eigenvalue weighted by Gasteiger charge is 2.46. The van der Waals surface area contributed by atoms with Crippen molar-refractivity contribution in [1.82, 2.24) is 9.13 Å². The highest BCUT2D eigenvalue weighted by atomic mass is 16.3. The Labute approximate surface area is 686 Å². The number of furan rings is 1. The van der Waals surface area contributed by atoms with Crippen molar-refractivity contribution in [3.8, 4) is 67.0 Å². The van der Waals surface area contributed by atoms with E-state index in [1.165, 1.54) is 10.6 Å². The molecule has 18 aromatic rings. The minimum atomic E-state index is -1.59. The van der Waals surface area contributed by atoms with Gasteiger partial charge >= 0.3 is 0 Å². The predicted octanol–water partition coefficient (Wildman–Crippen LogP) is 27.4. The summed E-state index contributed by atoms with van der Waals surface area (Å²) >= 11 is 0. The average molecular weight is 1470 g/mol. The number of benzene rings is 15. The first-order valence-electron chi connectivity index (χ1n) is 48.5. The quantitative estimate of drug-likeness (QED) is 0.135. The Balaban J connectivity index is 1.07. The van der Waals surface area contributed by atoms with Gasteiger partial charge in [-0.1, -0.05) is 325 Å². The molecule has 5 heterocycles. The van der Waals surface area contributed by atoms with Gasteiger partial charge in [0.2, 0.25) is 0 Å². The fourth-order valence-corrected chi connectivity index (χ4v) is 16.8. The maximum Gasteiger partial charge on any atom is 0.252 e. The molecular formula is C106H89BN4O. The van der Waals surface area contributed by atoms with Crippen LogP contribution in [-0.4, -0.2) is 15.8 Å². The Bertz CT molecular complexity index is 7920. The van der Waals surface area contributed by atoms with Crippen molar-refractivity contribution in [2.24, 2.45) is 0 Å². The van der Waals surface area contributed by atoms with E-state index in [0.717, 1.165) is 37.6 Å². The van der Waals surface area contributed by atoms with Crippen LogP contribution in [0, 0.1) is 0 Å². The molecular weight excluding hydrogens is 1360 g/mol. The van der Waals surface area contributed by atoms with E-state index in [2.05, 4.69) is 132 Å². The standard InChI is InChI=1S/C106H89BN4O/c1-103(2,3)72-33-23-29-67(57-72)78-42-27-43-79(68-30-24-34-73(58-68)104(4,5)6)101(78)110-94-64-76(108-90-46-18-13-37-82(90)83-38-14-19-47-91(83)108)52-54-88(94)107-89-55-53-77(109-92-48-20-15-39-84(92)85-40-16-21-49-93(85)109)65-95(89)111(97-63-71(62-96(110)100(97)107)66-51-56-99-87(61-66)86-41-17-22-50-98(86)112-99)102-80(69-31-25-35-74(59-69)105(7,8)9)44-28-45-81(102)70-32-26-36-75(60-70)106(10,11)12/h13-65H,1-12H3/i13D,14D,15D,16D,18D,19D,20D,21D,37D,38D,39D,40D,46D,47D,48D,49D,52D,54D,55D,64D,65D. The monoisotopic (exact) mass is 1470 g/mol. The molecule has 15 aromatic carbocycles. The Hall–Kier alpha value is -12.6. The Morgan fingerprint density at radius 3 is 1.09 bits per heavy atom. The molecule has 0 saturated heterocycles. The second-order valence-electron chi connectivity index (χ2n) is 33.7. The van der Waals surface area contributed by atoms with Crippen LogP contribution in [0.4, 0.5) is 34.1 Å². The molecule has 6 heteroatoms. The summed E-state index contributed by atoms with van der Waals surface area (Å²) in [7, 11) is 0. The van der Waals surface area contributed by atoms with E-state index >= 15 is 0 Å². The van der Waals surface area contributed by atoms with E-state index in [9.17, 15) is 28.8 Å². The maximum absolute atomic E-state index is 12.0. The number of rotatable bonds is 9. The highest BCUT2D eigenvalue weighted by Crippen LogP contribution is 2.56. The van der Waals surface area contributed by atoms with Crippen molar-refractivity contribution in [2.75, 3.05) is 9.80 Å². The van der Waals surface area contributed by atoms with E-state index in [1.807, 2.05) is 149 Å². The fraction of sp³-hybridized carbons (Fsp3) is 0.151. The summed E-state index contributed by atoms with van der Waals surface area (Å²) in [6.07, 6.45) is 0. The summed E-state index contributed by atoms with van der Waals surface area (Å²) in [5.74, 6) is 0. The molecule has 0 bridgehead atoms. The van der Waals surface area contributed by atoms with Gasteiger partial charge in [-0.05, 0) is 172 Å². The first kappa shape index (κ1) is 49.5. The first-order chi connectivity index (χ1) is 62.8. The summed E-state index contributed by atoms with van der Waals surface area (Å²) in [6.45, 7) is 23.9. The summed E-state index contributed by atoms with van der Waals surface area (Å²) < 4.78 is 221. The third-order valence-electron chi connectivity index (χ3n) is 22.5. The number of fused-ring (bicyclic) bond motifs is 13. The minimum absolute atomic E-state index is 0.0101. The largest absolute Gasteiger partial charge is 0.456 e. The predicted molar refractivity (Wildman–Crippen MR) is 478 cm³/mol. The number of nitrogens with zero attached hydrogens (tertiary/aromatic N) is 4. The number of para-hydroxylation sites is 7. The maximum atomic E-state index is 12.0. The zero-order valence-corrected chi connectivity index (χ0v) is 64.2. The third-order valence-corrected chi connectivity index (χ3v) is 22.5. The molecule has 0 spiro atoms. The van der Waals surface area contributed by atoms with Crippen LogP contribution in [-0.2, 0) is 21.7 Å². The Kier molecular flexibility index (Phi) is 11.3. The van der Waals surface area contributed by atoms with Gasteiger partial charge in [0, 0.05) is 88.7 Å². The fourth-order valence-electron chi connectivity index (χ4n) is 16.8. The van der Waals surface area contributed by atoms with E-state index in [0.29, 0.717) is 95.0 Å². The molecule has 0 atom stereocenters. The number of hydrogen-bond donors (Lipinski definition) is 0. The SMILES string of the molecule is [2H]c1cc(-n2c3c([2H])c([2H])c([2H])c([2H])c3c3c([2H])c([2H])c([2H])c([2H])c32)c([2H])c2c1B1c3c(cc(-c4ccc5oc6ccccc6c5c4)cc3N(c3c(-c4cccc(C(C)(C)C)c4)cccc3-c3cccc(C(C)(C)C)c3)c3c([2H])c(-n4c5c([2H])c([2H])c([2H])c([2H])c5c5c([2H])c([2H])c([2H])c([2H])c54)c([2H])c([2H])c31)N2c1c(-c2cccc(C(C)(C)C)c2)cccc1-c1cccc(C(C)(C)C)c1.